The summed E-state index contributed by atoms with van der Waals surface area (Å²) in [6.45, 7) is 5.35. The maximum absolute atomic E-state index is 12.1. The molecule has 0 aromatic rings. The Balaban J connectivity index is 4.03. The fourth-order valence-corrected chi connectivity index (χ4v) is 1.13. The molecule has 2 unspecified atom stereocenters. The normalized spacial score (nSPS) is 17.1. The van der Waals surface area contributed by atoms with Gasteiger partial charge in [0, 0.05) is 12.6 Å². The van der Waals surface area contributed by atoms with Gasteiger partial charge in [0.25, 0.3) is 0 Å². The maximum atomic E-state index is 12.1. The van der Waals surface area contributed by atoms with Crippen LogP contribution in [0.4, 0.5) is 13.2 Å². The summed E-state index contributed by atoms with van der Waals surface area (Å²) in [6, 6.07) is -0.0720. The Morgan fingerprint density at radius 2 is 1.79 bits per heavy atom. The van der Waals surface area contributed by atoms with E-state index in [0.29, 0.717) is 13.1 Å². The molecule has 0 aliphatic rings. The highest BCUT2D eigenvalue weighted by atomic mass is 19.4. The first-order chi connectivity index (χ1) is 6.26. The van der Waals surface area contributed by atoms with Gasteiger partial charge in [0.2, 0.25) is 0 Å². The minimum absolute atomic E-state index is 0.0720. The highest BCUT2D eigenvalue weighted by Crippen LogP contribution is 2.17. The molecule has 5 heteroatoms. The van der Waals surface area contributed by atoms with Gasteiger partial charge in [0.1, 0.15) is 0 Å². The number of nitrogens with zero attached hydrogens (tertiary/aromatic N) is 1. The van der Waals surface area contributed by atoms with E-state index in [9.17, 15) is 13.2 Å². The van der Waals surface area contributed by atoms with Crippen LogP contribution in [0.25, 0.3) is 0 Å². The van der Waals surface area contributed by atoms with E-state index < -0.39 is 12.7 Å². The number of nitrogens with two attached hydrogens (primary N) is 1. The van der Waals surface area contributed by atoms with Crippen LogP contribution in [-0.2, 0) is 0 Å². The Bertz CT molecular complexity index is 157. The maximum Gasteiger partial charge on any atom is 0.401 e. The van der Waals surface area contributed by atoms with Gasteiger partial charge in [-0.25, -0.2) is 0 Å². The van der Waals surface area contributed by atoms with Crippen LogP contribution in [0.1, 0.15) is 20.8 Å². The third-order valence-electron chi connectivity index (χ3n) is 2.29. The minimum Gasteiger partial charge on any atom is -0.328 e. The van der Waals surface area contributed by atoms with E-state index >= 15 is 0 Å². The molecule has 14 heavy (non-hydrogen) atoms. The van der Waals surface area contributed by atoms with Crippen molar-refractivity contribution < 1.29 is 13.2 Å². The van der Waals surface area contributed by atoms with Crippen LogP contribution >= 0.6 is 0 Å². The van der Waals surface area contributed by atoms with Crippen molar-refractivity contribution in [1.82, 2.24) is 4.90 Å². The van der Waals surface area contributed by atoms with Crippen molar-refractivity contribution in [3.63, 3.8) is 0 Å². The van der Waals surface area contributed by atoms with E-state index in [2.05, 4.69) is 0 Å². The molecule has 0 fully saturated rings. The van der Waals surface area contributed by atoms with E-state index in [1.54, 1.807) is 6.92 Å². The van der Waals surface area contributed by atoms with Crippen molar-refractivity contribution in [3.05, 3.63) is 0 Å². The average molecular weight is 212 g/mol. The molecule has 2 atom stereocenters. The number of rotatable bonds is 5. The summed E-state index contributed by atoms with van der Waals surface area (Å²) in [5.74, 6) is 0.0808. The molecule has 0 aliphatic heterocycles. The fourth-order valence-electron chi connectivity index (χ4n) is 1.13. The van der Waals surface area contributed by atoms with Gasteiger partial charge in [-0.1, -0.05) is 13.8 Å². The summed E-state index contributed by atoms with van der Waals surface area (Å²) in [6.07, 6.45) is -4.12. The van der Waals surface area contributed by atoms with E-state index in [0.717, 1.165) is 0 Å². The van der Waals surface area contributed by atoms with Crippen LogP contribution in [0, 0.1) is 5.92 Å². The van der Waals surface area contributed by atoms with Crippen molar-refractivity contribution in [1.29, 1.82) is 0 Å². The molecule has 0 spiro atoms. The molecule has 0 amide bonds. The summed E-state index contributed by atoms with van der Waals surface area (Å²) in [5, 5.41) is 0. The molecule has 0 saturated heterocycles. The van der Waals surface area contributed by atoms with Gasteiger partial charge in [0.15, 0.2) is 0 Å². The number of hydrogen-bond acceptors (Lipinski definition) is 2. The molecule has 0 aliphatic carbocycles. The largest absolute Gasteiger partial charge is 0.401 e. The first-order valence-corrected chi connectivity index (χ1v) is 4.81. The lowest BCUT2D eigenvalue weighted by Crippen LogP contribution is -2.40. The molecule has 0 saturated carbocycles. The Kier molecular flexibility index (Phi) is 5.44. The molecule has 0 aromatic heterocycles. The van der Waals surface area contributed by atoms with Crippen LogP contribution in [0.2, 0.25) is 0 Å². The zero-order valence-electron chi connectivity index (χ0n) is 8.93. The molecule has 0 rings (SSSR count). The molecular weight excluding hydrogens is 193 g/mol. The van der Waals surface area contributed by atoms with Crippen LogP contribution < -0.4 is 5.73 Å². The first-order valence-electron chi connectivity index (χ1n) is 4.81. The van der Waals surface area contributed by atoms with E-state index in [1.165, 1.54) is 4.90 Å². The molecule has 2 nitrogen and oxygen atoms in total. The van der Waals surface area contributed by atoms with Crippen LogP contribution in [0.5, 0.6) is 0 Å². The smallest absolute Gasteiger partial charge is 0.328 e. The lowest BCUT2D eigenvalue weighted by atomic mass is 10.0. The summed E-state index contributed by atoms with van der Waals surface area (Å²) >= 11 is 0. The van der Waals surface area contributed by atoms with Crippen molar-refractivity contribution >= 4 is 0 Å². The molecule has 0 bridgehead atoms. The summed E-state index contributed by atoms with van der Waals surface area (Å²) in [7, 11) is 0. The zero-order chi connectivity index (χ0) is 11.4. The predicted octanol–water partition coefficient (Wildman–Crippen LogP) is 1.85. The molecule has 86 valence electrons. The van der Waals surface area contributed by atoms with Gasteiger partial charge in [-0.05, 0) is 19.4 Å². The van der Waals surface area contributed by atoms with Gasteiger partial charge in [-0.15, -0.1) is 0 Å². The summed E-state index contributed by atoms with van der Waals surface area (Å²) in [5.41, 5.74) is 5.59. The molecule has 2 N–H and O–H groups in total. The van der Waals surface area contributed by atoms with Crippen molar-refractivity contribution in [2.75, 3.05) is 19.6 Å². The quantitative estimate of drug-likeness (QED) is 0.753. The van der Waals surface area contributed by atoms with Crippen LogP contribution in [-0.4, -0.2) is 36.8 Å². The SMILES string of the molecule is CCN(CC(C)C(C)N)CC(F)(F)F. The summed E-state index contributed by atoms with van der Waals surface area (Å²) < 4.78 is 36.2. The predicted molar refractivity (Wildman–Crippen MR) is 51.0 cm³/mol. The van der Waals surface area contributed by atoms with Gasteiger partial charge in [0.05, 0.1) is 6.54 Å². The van der Waals surface area contributed by atoms with Gasteiger partial charge in [-0.3, -0.25) is 4.90 Å². The zero-order valence-corrected chi connectivity index (χ0v) is 8.93. The fraction of sp³-hybridized carbons (Fsp3) is 1.00. The summed E-state index contributed by atoms with van der Waals surface area (Å²) in [4.78, 5) is 1.37. The number of halogens is 3. The van der Waals surface area contributed by atoms with E-state index in [1.807, 2.05) is 13.8 Å². The molecule has 0 radical (unpaired) electrons. The average Bonchev–Trinajstić information content (AvgIpc) is 2.00. The van der Waals surface area contributed by atoms with E-state index in [-0.39, 0.29) is 12.0 Å². The lowest BCUT2D eigenvalue weighted by Gasteiger charge is -2.26. The highest BCUT2D eigenvalue weighted by molar-refractivity contribution is 4.70. The first kappa shape index (κ1) is 13.7. The standard InChI is InChI=1S/C9H19F3N2/c1-4-14(6-9(10,11)12)5-7(2)8(3)13/h7-8H,4-6,13H2,1-3H3. The second-order valence-corrected chi connectivity index (χ2v) is 3.78. The van der Waals surface area contributed by atoms with Gasteiger partial charge in [-0.2, -0.15) is 13.2 Å². The Morgan fingerprint density at radius 3 is 2.07 bits per heavy atom. The van der Waals surface area contributed by atoms with Crippen molar-refractivity contribution in [3.8, 4) is 0 Å². The monoisotopic (exact) mass is 212 g/mol. The third-order valence-corrected chi connectivity index (χ3v) is 2.29. The van der Waals surface area contributed by atoms with E-state index in [4.69, 9.17) is 5.73 Å². The van der Waals surface area contributed by atoms with Crippen molar-refractivity contribution in [2.24, 2.45) is 11.7 Å². The number of hydrogen-bond donors (Lipinski definition) is 1. The molecule has 0 heterocycles. The molecule has 0 aromatic carbocycles. The topological polar surface area (TPSA) is 29.3 Å². The van der Waals surface area contributed by atoms with Gasteiger partial charge < -0.3 is 5.73 Å². The Labute approximate surface area is 83.3 Å². The van der Waals surface area contributed by atoms with Crippen LogP contribution in [0.3, 0.4) is 0 Å². The van der Waals surface area contributed by atoms with Gasteiger partial charge >= 0.3 is 6.18 Å². The van der Waals surface area contributed by atoms with Crippen LogP contribution in [0.15, 0.2) is 0 Å². The van der Waals surface area contributed by atoms with Crippen molar-refractivity contribution in [2.45, 2.75) is 33.0 Å². The molecular formula is C9H19F3N2. The number of alkyl halides is 3. The third kappa shape index (κ3) is 6.21. The second kappa shape index (κ2) is 5.56. The minimum atomic E-state index is -4.12. The lowest BCUT2D eigenvalue weighted by molar-refractivity contribution is -0.146. The Morgan fingerprint density at radius 1 is 1.29 bits per heavy atom. The second-order valence-electron chi connectivity index (χ2n) is 3.78. The highest BCUT2D eigenvalue weighted by Gasteiger charge is 2.30. The Hall–Kier alpha value is -0.290.